The number of hydrogen-bond acceptors (Lipinski definition) is 4. The van der Waals surface area contributed by atoms with Crippen LogP contribution >= 0.6 is 22.9 Å². The molecule has 23 heavy (non-hydrogen) atoms. The highest BCUT2D eigenvalue weighted by molar-refractivity contribution is 7.23. The standard InChI is InChI=1S/C16H11ClN4OS/c1-8(22)19-16-20-12-6-9-7-18-15(21-13(9)14(12)23-16)10-4-2-3-5-11(10)17/h2-7H,1H3,(H,18,21)(H,19,20,22). The molecule has 2 N–H and O–H groups in total. The first kappa shape index (κ1) is 14.2. The molecule has 4 rings (SSSR count). The van der Waals surface area contributed by atoms with Crippen molar-refractivity contribution in [1.29, 1.82) is 0 Å². The van der Waals surface area contributed by atoms with E-state index in [0.29, 0.717) is 16.0 Å². The SMILES string of the molecule is CC(=O)Nc1nc2cc3cnc(-c4ccccc4Cl)[nH]c-3c2s1. The Morgan fingerprint density at radius 3 is 2.96 bits per heavy atom. The van der Waals surface area contributed by atoms with Gasteiger partial charge in [0.25, 0.3) is 0 Å². The van der Waals surface area contributed by atoms with Crippen LogP contribution in [0.1, 0.15) is 6.92 Å². The molecule has 0 atom stereocenters. The van der Waals surface area contributed by atoms with Crippen molar-refractivity contribution in [2.75, 3.05) is 5.32 Å². The van der Waals surface area contributed by atoms with Gasteiger partial charge in [0.2, 0.25) is 5.91 Å². The Morgan fingerprint density at radius 1 is 1.35 bits per heavy atom. The molecular weight excluding hydrogens is 332 g/mol. The van der Waals surface area contributed by atoms with Crippen LogP contribution in [0.3, 0.4) is 0 Å². The largest absolute Gasteiger partial charge is 0.338 e. The van der Waals surface area contributed by atoms with Gasteiger partial charge in [-0.3, -0.25) is 4.79 Å². The van der Waals surface area contributed by atoms with Gasteiger partial charge in [-0.15, -0.1) is 0 Å². The number of thiazole rings is 1. The van der Waals surface area contributed by atoms with Crippen molar-refractivity contribution >= 4 is 44.2 Å². The van der Waals surface area contributed by atoms with E-state index in [1.165, 1.54) is 18.3 Å². The number of aromatic amines is 1. The summed E-state index contributed by atoms with van der Waals surface area (Å²) in [6, 6.07) is 9.50. The van der Waals surface area contributed by atoms with Gasteiger partial charge >= 0.3 is 0 Å². The van der Waals surface area contributed by atoms with Crippen molar-refractivity contribution in [2.45, 2.75) is 6.92 Å². The fraction of sp³-hybridized carbons (Fsp3) is 0.0625. The lowest BCUT2D eigenvalue weighted by molar-refractivity contribution is -0.114. The van der Waals surface area contributed by atoms with E-state index in [4.69, 9.17) is 11.6 Å². The summed E-state index contributed by atoms with van der Waals surface area (Å²) in [6.07, 6.45) is 1.80. The zero-order valence-corrected chi connectivity index (χ0v) is 13.6. The summed E-state index contributed by atoms with van der Waals surface area (Å²) in [4.78, 5) is 23.4. The molecule has 7 heteroatoms. The maximum atomic E-state index is 11.2. The first-order chi connectivity index (χ1) is 11.1. The van der Waals surface area contributed by atoms with E-state index < -0.39 is 0 Å². The predicted octanol–water partition coefficient (Wildman–Crippen LogP) is 4.40. The van der Waals surface area contributed by atoms with E-state index >= 15 is 0 Å². The minimum Gasteiger partial charge on any atom is -0.338 e. The minimum atomic E-state index is -0.131. The zero-order chi connectivity index (χ0) is 16.0. The highest BCUT2D eigenvalue weighted by atomic mass is 35.5. The topological polar surface area (TPSA) is 70.7 Å². The predicted molar refractivity (Wildman–Crippen MR) is 93.1 cm³/mol. The number of hydrogen-bond donors (Lipinski definition) is 2. The molecule has 0 saturated heterocycles. The molecule has 1 aromatic carbocycles. The second-order valence-electron chi connectivity index (χ2n) is 5.10. The number of amides is 1. The molecule has 0 spiro atoms. The van der Waals surface area contributed by atoms with Crippen LogP contribution in [0.4, 0.5) is 5.13 Å². The molecule has 2 aliphatic rings. The summed E-state index contributed by atoms with van der Waals surface area (Å²) < 4.78 is 0.986. The number of fused-ring (bicyclic) bond motifs is 3. The van der Waals surface area contributed by atoms with E-state index in [9.17, 15) is 4.79 Å². The van der Waals surface area contributed by atoms with Crippen LogP contribution in [0.2, 0.25) is 5.02 Å². The van der Waals surface area contributed by atoms with E-state index in [2.05, 4.69) is 20.3 Å². The monoisotopic (exact) mass is 342 g/mol. The van der Waals surface area contributed by atoms with E-state index in [1.807, 2.05) is 30.3 Å². The smallest absolute Gasteiger partial charge is 0.223 e. The molecule has 1 aliphatic carbocycles. The Kier molecular flexibility index (Phi) is 3.28. The van der Waals surface area contributed by atoms with Gasteiger partial charge in [-0.25, -0.2) is 9.97 Å². The average Bonchev–Trinajstić information content (AvgIpc) is 3.03. The van der Waals surface area contributed by atoms with Crippen molar-refractivity contribution in [1.82, 2.24) is 15.0 Å². The second kappa shape index (κ2) is 5.33. The molecule has 0 radical (unpaired) electrons. The minimum absolute atomic E-state index is 0.131. The van der Waals surface area contributed by atoms with E-state index in [0.717, 1.165) is 27.0 Å². The van der Waals surface area contributed by atoms with Gasteiger partial charge in [-0.05, 0) is 18.2 Å². The van der Waals surface area contributed by atoms with Crippen LogP contribution in [0.25, 0.3) is 32.9 Å². The van der Waals surface area contributed by atoms with Gasteiger partial charge < -0.3 is 10.3 Å². The molecule has 0 unspecified atom stereocenters. The number of carbonyl (C=O) groups is 1. The number of anilines is 1. The van der Waals surface area contributed by atoms with Crippen LogP contribution < -0.4 is 5.32 Å². The number of H-pyrrole nitrogens is 1. The summed E-state index contributed by atoms with van der Waals surface area (Å²) >= 11 is 7.68. The maximum Gasteiger partial charge on any atom is 0.223 e. The lowest BCUT2D eigenvalue weighted by atomic mass is 10.2. The lowest BCUT2D eigenvalue weighted by Gasteiger charge is -2.06. The van der Waals surface area contributed by atoms with Gasteiger partial charge in [0.05, 0.1) is 20.9 Å². The third-order valence-electron chi connectivity index (χ3n) is 3.45. The Labute approximate surface area is 140 Å². The van der Waals surface area contributed by atoms with Crippen molar-refractivity contribution in [3.05, 3.63) is 41.6 Å². The maximum absolute atomic E-state index is 11.2. The first-order valence-electron chi connectivity index (χ1n) is 6.92. The summed E-state index contributed by atoms with van der Waals surface area (Å²) in [5.74, 6) is 0.568. The Morgan fingerprint density at radius 2 is 2.17 bits per heavy atom. The van der Waals surface area contributed by atoms with Crippen molar-refractivity contribution in [3.63, 3.8) is 0 Å². The van der Waals surface area contributed by atoms with Gasteiger partial charge in [-0.2, -0.15) is 0 Å². The molecule has 114 valence electrons. The summed E-state index contributed by atoms with van der Waals surface area (Å²) in [7, 11) is 0. The lowest BCUT2D eigenvalue weighted by Crippen LogP contribution is -2.04. The molecule has 0 saturated carbocycles. The Balaban J connectivity index is 1.88. The third-order valence-corrected chi connectivity index (χ3v) is 4.78. The van der Waals surface area contributed by atoms with E-state index in [-0.39, 0.29) is 5.91 Å². The molecule has 0 bridgehead atoms. The highest BCUT2D eigenvalue weighted by Crippen LogP contribution is 2.39. The van der Waals surface area contributed by atoms with Crippen molar-refractivity contribution < 1.29 is 4.79 Å². The van der Waals surface area contributed by atoms with Crippen LogP contribution in [0.15, 0.2) is 36.5 Å². The number of halogens is 1. The molecule has 1 aliphatic heterocycles. The number of carbonyl (C=O) groups excluding carboxylic acids is 1. The van der Waals surface area contributed by atoms with Crippen molar-refractivity contribution in [2.24, 2.45) is 0 Å². The molecular formula is C16H11ClN4OS. The van der Waals surface area contributed by atoms with Gasteiger partial charge in [0.15, 0.2) is 5.13 Å². The van der Waals surface area contributed by atoms with Crippen LogP contribution in [-0.2, 0) is 4.79 Å². The van der Waals surface area contributed by atoms with Crippen LogP contribution in [0.5, 0.6) is 0 Å². The quantitative estimate of drug-likeness (QED) is 0.567. The number of benzene rings is 1. The number of rotatable bonds is 2. The van der Waals surface area contributed by atoms with Crippen LogP contribution in [0, 0.1) is 0 Å². The van der Waals surface area contributed by atoms with Gasteiger partial charge in [0, 0.05) is 24.2 Å². The van der Waals surface area contributed by atoms with Crippen LogP contribution in [-0.4, -0.2) is 20.9 Å². The average molecular weight is 343 g/mol. The van der Waals surface area contributed by atoms with Gasteiger partial charge in [0.1, 0.15) is 5.82 Å². The summed E-state index contributed by atoms with van der Waals surface area (Å²) in [5, 5.41) is 3.95. The molecule has 1 amide bonds. The molecule has 2 aromatic rings. The van der Waals surface area contributed by atoms with Gasteiger partial charge in [-0.1, -0.05) is 35.1 Å². The highest BCUT2D eigenvalue weighted by Gasteiger charge is 2.17. The fourth-order valence-electron chi connectivity index (χ4n) is 2.47. The molecule has 5 nitrogen and oxygen atoms in total. The molecule has 0 fully saturated rings. The summed E-state index contributed by atoms with van der Waals surface area (Å²) in [5.41, 5.74) is 3.60. The Hall–Kier alpha value is -2.44. The van der Waals surface area contributed by atoms with E-state index in [1.54, 1.807) is 6.20 Å². The third kappa shape index (κ3) is 2.46. The fourth-order valence-corrected chi connectivity index (χ4v) is 3.71. The molecule has 1 aromatic heterocycles. The molecule has 2 heterocycles. The number of aromatic nitrogens is 3. The normalized spacial score (nSPS) is 11.2. The Bertz CT molecular complexity index is 1010. The summed E-state index contributed by atoms with van der Waals surface area (Å²) in [6.45, 7) is 1.47. The number of nitrogens with one attached hydrogen (secondary N) is 2. The zero-order valence-electron chi connectivity index (χ0n) is 12.1. The second-order valence-corrected chi connectivity index (χ2v) is 6.51. The first-order valence-corrected chi connectivity index (χ1v) is 8.12. The number of nitrogens with zero attached hydrogens (tertiary/aromatic N) is 2. The van der Waals surface area contributed by atoms with Crippen molar-refractivity contribution in [3.8, 4) is 22.6 Å².